The Morgan fingerprint density at radius 2 is 1.92 bits per heavy atom. The summed E-state index contributed by atoms with van der Waals surface area (Å²) in [7, 11) is -3.29. The van der Waals surface area contributed by atoms with E-state index in [-0.39, 0.29) is 12.6 Å². The molecule has 0 spiro atoms. The van der Waals surface area contributed by atoms with Crippen LogP contribution < -0.4 is 11.5 Å². The van der Waals surface area contributed by atoms with Gasteiger partial charge in [0.1, 0.15) is 0 Å². The summed E-state index contributed by atoms with van der Waals surface area (Å²) in [6, 6.07) is -0.120. The summed E-state index contributed by atoms with van der Waals surface area (Å²) in [6.45, 7) is 0.596. The molecular weight excluding hydrogens is 200 g/mol. The summed E-state index contributed by atoms with van der Waals surface area (Å²) < 4.78 is 29.7. The average Bonchev–Trinajstić information content (AvgIpc) is 2.05. The molecule has 0 aromatic rings. The van der Waals surface area contributed by atoms with Crippen molar-refractivity contribution in [3.05, 3.63) is 0 Å². The lowest BCUT2D eigenvalue weighted by molar-refractivity contribution is 0.261. The van der Waals surface area contributed by atoms with Crippen molar-refractivity contribution >= 4 is 10.4 Å². The molecule has 0 aromatic heterocycles. The fourth-order valence-electron chi connectivity index (χ4n) is 0.305. The van der Waals surface area contributed by atoms with Crippen LogP contribution in [-0.2, 0) is 14.6 Å². The third-order valence-electron chi connectivity index (χ3n) is 0.983. The third-order valence-corrected chi connectivity index (χ3v) is 1.40. The van der Waals surface area contributed by atoms with E-state index in [0.717, 1.165) is 7.11 Å². The highest BCUT2D eigenvalue weighted by molar-refractivity contribution is 7.80. The van der Waals surface area contributed by atoms with Crippen molar-refractivity contribution in [1.29, 1.82) is 0 Å². The van der Waals surface area contributed by atoms with Crippen LogP contribution in [0.2, 0.25) is 0 Å². The number of hydrogen-bond acceptors (Lipinski definition) is 6. The van der Waals surface area contributed by atoms with Crippen molar-refractivity contribution in [2.45, 2.75) is 12.5 Å². The van der Waals surface area contributed by atoms with Crippen molar-refractivity contribution in [2.24, 2.45) is 11.5 Å². The summed E-state index contributed by atoms with van der Waals surface area (Å²) in [5.41, 5.74) is 10.4. The molecule has 0 heterocycles. The Morgan fingerprint density at radius 3 is 2.00 bits per heavy atom. The van der Waals surface area contributed by atoms with Crippen LogP contribution in [0.1, 0.15) is 6.42 Å². The van der Waals surface area contributed by atoms with Gasteiger partial charge in [0.15, 0.2) is 0 Å². The third kappa shape index (κ3) is 18.6. The lowest BCUT2D eigenvalue weighted by atomic mass is 10.2. The Labute approximate surface area is 77.6 Å². The molecule has 1 atom stereocenters. The van der Waals surface area contributed by atoms with Gasteiger partial charge >= 0.3 is 10.4 Å². The molecule has 0 aliphatic heterocycles. The minimum Gasteiger partial charge on any atom is -0.395 e. The van der Waals surface area contributed by atoms with Gasteiger partial charge in [-0.05, 0) is 13.0 Å². The van der Waals surface area contributed by atoms with Crippen LogP contribution in [-0.4, -0.2) is 44.4 Å². The zero-order chi connectivity index (χ0) is 10.9. The number of nitrogens with two attached hydrogens (primary N) is 2. The van der Waals surface area contributed by atoms with Gasteiger partial charge in [0.2, 0.25) is 0 Å². The first kappa shape index (κ1) is 15.2. The lowest BCUT2D eigenvalue weighted by Gasteiger charge is -2.02. The monoisotopic (exact) mass is 216 g/mol. The van der Waals surface area contributed by atoms with E-state index in [1.165, 1.54) is 0 Å². The largest absolute Gasteiger partial charge is 0.397 e. The predicted molar refractivity (Wildman–Crippen MR) is 47.3 cm³/mol. The topological polar surface area (TPSA) is 136 Å². The summed E-state index contributed by atoms with van der Waals surface area (Å²) in [4.78, 5) is 0. The van der Waals surface area contributed by atoms with Gasteiger partial charge in [-0.1, -0.05) is 0 Å². The highest BCUT2D eigenvalue weighted by atomic mass is 32.3. The van der Waals surface area contributed by atoms with E-state index in [4.69, 9.17) is 21.1 Å². The number of aliphatic hydroxyl groups is 1. The summed E-state index contributed by atoms with van der Waals surface area (Å²) in [6.07, 6.45) is 0.705. The summed E-state index contributed by atoms with van der Waals surface area (Å²) in [5, 5.41) is 8.29. The van der Waals surface area contributed by atoms with Crippen molar-refractivity contribution in [3.63, 3.8) is 0 Å². The molecule has 0 radical (unpaired) electrons. The average molecular weight is 216 g/mol. The summed E-state index contributed by atoms with van der Waals surface area (Å²) >= 11 is 0. The molecule has 1 unspecified atom stereocenters. The first-order valence-electron chi connectivity index (χ1n) is 3.47. The van der Waals surface area contributed by atoms with Crippen molar-refractivity contribution in [1.82, 2.24) is 0 Å². The zero-order valence-electron chi connectivity index (χ0n) is 7.38. The number of rotatable bonds is 4. The maximum absolute atomic E-state index is 9.33. The molecule has 0 aromatic carbocycles. The zero-order valence-corrected chi connectivity index (χ0v) is 8.20. The van der Waals surface area contributed by atoms with Gasteiger partial charge in [-0.25, -0.2) is 0 Å². The van der Waals surface area contributed by atoms with Gasteiger partial charge in [-0.15, -0.1) is 0 Å². The molecule has 0 saturated heterocycles. The first-order chi connectivity index (χ1) is 5.87. The van der Waals surface area contributed by atoms with Gasteiger partial charge in [-0.3, -0.25) is 8.74 Å². The molecule has 0 bridgehead atoms. The standard InChI is InChI=1S/C4H12N2O.CH4O4S/c5-2-1-4(6)3-7;1-5-6(2,3)4/h4,7H,1-3,5-6H2;1H3,(H,2,3,4). The highest BCUT2D eigenvalue weighted by Crippen LogP contribution is 1.79. The van der Waals surface area contributed by atoms with Crippen LogP contribution in [0.15, 0.2) is 0 Å². The SMILES string of the molecule is COS(=O)(=O)O.NCCC(N)CO. The van der Waals surface area contributed by atoms with Gasteiger partial charge in [-0.2, -0.15) is 8.42 Å². The minimum absolute atomic E-state index is 0.0389. The molecule has 0 amide bonds. The second-order valence-corrected chi connectivity index (χ2v) is 3.30. The maximum Gasteiger partial charge on any atom is 0.397 e. The fraction of sp³-hybridized carbons (Fsp3) is 1.00. The molecule has 0 aliphatic carbocycles. The molecule has 0 rings (SSSR count). The molecule has 13 heavy (non-hydrogen) atoms. The molecule has 8 heteroatoms. The second kappa shape index (κ2) is 8.35. The molecule has 0 aliphatic rings. The van der Waals surface area contributed by atoms with Crippen LogP contribution in [0.4, 0.5) is 0 Å². The quantitative estimate of drug-likeness (QED) is 0.402. The number of aliphatic hydroxyl groups excluding tert-OH is 1. The van der Waals surface area contributed by atoms with Crippen LogP contribution in [0.25, 0.3) is 0 Å². The smallest absolute Gasteiger partial charge is 0.395 e. The maximum atomic E-state index is 9.33. The van der Waals surface area contributed by atoms with E-state index in [2.05, 4.69) is 4.18 Å². The number of hydrogen-bond donors (Lipinski definition) is 4. The molecule has 7 nitrogen and oxygen atoms in total. The Kier molecular flexibility index (Phi) is 9.79. The lowest BCUT2D eigenvalue weighted by Crippen LogP contribution is -2.27. The Balaban J connectivity index is 0. The fourth-order valence-corrected chi connectivity index (χ4v) is 0.305. The van der Waals surface area contributed by atoms with Crippen LogP contribution in [0, 0.1) is 0 Å². The van der Waals surface area contributed by atoms with Gasteiger partial charge in [0, 0.05) is 6.04 Å². The predicted octanol–water partition coefficient (Wildman–Crippen LogP) is -1.91. The van der Waals surface area contributed by atoms with Crippen LogP contribution in [0.3, 0.4) is 0 Å². The molecule has 82 valence electrons. The minimum atomic E-state index is -4.16. The summed E-state index contributed by atoms with van der Waals surface area (Å²) in [5.74, 6) is 0. The van der Waals surface area contributed by atoms with Gasteiger partial charge in [0.05, 0.1) is 13.7 Å². The van der Waals surface area contributed by atoms with Crippen molar-refractivity contribution < 1.29 is 22.3 Å². The normalized spacial score (nSPS) is 13.0. The Hall–Kier alpha value is -0.250. The van der Waals surface area contributed by atoms with E-state index in [1.54, 1.807) is 0 Å². The van der Waals surface area contributed by atoms with Crippen molar-refractivity contribution in [3.8, 4) is 0 Å². The second-order valence-electron chi connectivity index (χ2n) is 2.11. The first-order valence-corrected chi connectivity index (χ1v) is 4.83. The molecule has 6 N–H and O–H groups in total. The Morgan fingerprint density at radius 1 is 1.54 bits per heavy atom. The van der Waals surface area contributed by atoms with E-state index < -0.39 is 10.4 Å². The van der Waals surface area contributed by atoms with E-state index in [0.29, 0.717) is 13.0 Å². The Bertz CT molecular complexity index is 193. The molecule has 0 saturated carbocycles. The van der Waals surface area contributed by atoms with Gasteiger partial charge in [0.25, 0.3) is 0 Å². The van der Waals surface area contributed by atoms with Crippen LogP contribution >= 0.6 is 0 Å². The van der Waals surface area contributed by atoms with E-state index >= 15 is 0 Å². The molecular formula is C5H16N2O5S. The van der Waals surface area contributed by atoms with E-state index in [1.807, 2.05) is 0 Å². The van der Waals surface area contributed by atoms with Crippen LogP contribution in [0.5, 0.6) is 0 Å². The van der Waals surface area contributed by atoms with Crippen molar-refractivity contribution in [2.75, 3.05) is 20.3 Å². The van der Waals surface area contributed by atoms with Gasteiger partial charge < -0.3 is 16.6 Å². The molecule has 0 fully saturated rings. The van der Waals surface area contributed by atoms with E-state index in [9.17, 15) is 8.42 Å². The highest BCUT2D eigenvalue weighted by Gasteiger charge is 1.94.